The van der Waals surface area contributed by atoms with Crippen LogP contribution < -0.4 is 4.90 Å². The molecule has 28 heavy (non-hydrogen) atoms. The Morgan fingerprint density at radius 2 is 1.71 bits per heavy atom. The van der Waals surface area contributed by atoms with Crippen LogP contribution in [-0.2, 0) is 17.6 Å². The Morgan fingerprint density at radius 3 is 2.39 bits per heavy atom. The SMILES string of the molecule is CCc1ccc(CC(=O)N2CCN(c3nc4cc(C)cc(C)c4s3)CC2)cc1. The van der Waals surface area contributed by atoms with Crippen LogP contribution in [0.1, 0.15) is 29.2 Å². The monoisotopic (exact) mass is 393 g/mol. The van der Waals surface area contributed by atoms with E-state index < -0.39 is 0 Å². The number of amides is 1. The first-order valence-corrected chi connectivity index (χ1v) is 10.8. The predicted octanol–water partition coefficient (Wildman–Crippen LogP) is 4.37. The van der Waals surface area contributed by atoms with Gasteiger partial charge in [0.05, 0.1) is 16.6 Å². The molecule has 0 bridgehead atoms. The molecule has 1 amide bonds. The van der Waals surface area contributed by atoms with E-state index in [2.05, 4.69) is 62.1 Å². The van der Waals surface area contributed by atoms with E-state index in [0.29, 0.717) is 6.42 Å². The van der Waals surface area contributed by atoms with Gasteiger partial charge in [-0.15, -0.1) is 0 Å². The first kappa shape index (κ1) is 18.9. The molecule has 0 unspecified atom stereocenters. The summed E-state index contributed by atoms with van der Waals surface area (Å²) in [7, 11) is 0. The van der Waals surface area contributed by atoms with Crippen molar-refractivity contribution in [2.24, 2.45) is 0 Å². The van der Waals surface area contributed by atoms with E-state index >= 15 is 0 Å². The number of thiazole rings is 1. The normalized spacial score (nSPS) is 14.7. The summed E-state index contributed by atoms with van der Waals surface area (Å²) in [5.74, 6) is 0.222. The Labute approximate surface area is 170 Å². The fourth-order valence-corrected chi connectivity index (χ4v) is 4.89. The van der Waals surface area contributed by atoms with Gasteiger partial charge in [0.1, 0.15) is 0 Å². The van der Waals surface area contributed by atoms with Crippen LogP contribution in [0, 0.1) is 13.8 Å². The molecule has 3 aromatic rings. The number of piperazine rings is 1. The van der Waals surface area contributed by atoms with Crippen LogP contribution in [0.5, 0.6) is 0 Å². The van der Waals surface area contributed by atoms with Crippen molar-refractivity contribution >= 4 is 32.6 Å². The van der Waals surface area contributed by atoms with Crippen molar-refractivity contribution in [3.63, 3.8) is 0 Å². The van der Waals surface area contributed by atoms with Crippen LogP contribution in [-0.4, -0.2) is 42.0 Å². The highest BCUT2D eigenvalue weighted by atomic mass is 32.1. The molecule has 4 rings (SSSR count). The van der Waals surface area contributed by atoms with Gasteiger partial charge in [0, 0.05) is 26.2 Å². The minimum Gasteiger partial charge on any atom is -0.345 e. The Kier molecular flexibility index (Phi) is 5.36. The maximum atomic E-state index is 12.7. The number of nitrogens with zero attached hydrogens (tertiary/aromatic N) is 3. The van der Waals surface area contributed by atoms with Crippen molar-refractivity contribution in [3.8, 4) is 0 Å². The van der Waals surface area contributed by atoms with E-state index in [-0.39, 0.29) is 5.91 Å². The molecular formula is C23H27N3OS. The van der Waals surface area contributed by atoms with Crippen molar-refractivity contribution in [3.05, 3.63) is 58.7 Å². The number of fused-ring (bicyclic) bond motifs is 1. The van der Waals surface area contributed by atoms with Gasteiger partial charge in [0.2, 0.25) is 5.91 Å². The molecule has 0 atom stereocenters. The van der Waals surface area contributed by atoms with Gasteiger partial charge >= 0.3 is 0 Å². The number of carbonyl (C=O) groups excluding carboxylic acids is 1. The van der Waals surface area contributed by atoms with Gasteiger partial charge in [0.15, 0.2) is 5.13 Å². The standard InChI is InChI=1S/C23H27N3OS/c1-4-18-5-7-19(8-6-18)15-21(27)25-9-11-26(12-10-25)23-24-20-14-16(2)13-17(3)22(20)28-23/h5-8,13-14H,4,9-12,15H2,1-3H3. The second kappa shape index (κ2) is 7.92. The molecule has 0 saturated carbocycles. The highest BCUT2D eigenvalue weighted by Gasteiger charge is 2.23. The van der Waals surface area contributed by atoms with E-state index in [1.165, 1.54) is 21.4 Å². The number of hydrogen-bond acceptors (Lipinski definition) is 4. The molecule has 1 aliphatic heterocycles. The fourth-order valence-electron chi connectivity index (χ4n) is 3.83. The van der Waals surface area contributed by atoms with E-state index in [4.69, 9.17) is 4.98 Å². The molecule has 1 aliphatic rings. The zero-order valence-electron chi connectivity index (χ0n) is 16.9. The van der Waals surface area contributed by atoms with Crippen molar-refractivity contribution in [2.75, 3.05) is 31.1 Å². The zero-order valence-corrected chi connectivity index (χ0v) is 17.7. The summed E-state index contributed by atoms with van der Waals surface area (Å²) in [5, 5.41) is 1.07. The van der Waals surface area contributed by atoms with Crippen molar-refractivity contribution < 1.29 is 4.79 Å². The Balaban J connectivity index is 1.38. The molecule has 0 spiro atoms. The molecule has 1 aromatic heterocycles. The Morgan fingerprint density at radius 1 is 1.04 bits per heavy atom. The number of aromatic nitrogens is 1. The number of hydrogen-bond donors (Lipinski definition) is 0. The summed E-state index contributed by atoms with van der Waals surface area (Å²) in [4.78, 5) is 21.8. The van der Waals surface area contributed by atoms with Gasteiger partial charge in [0.25, 0.3) is 0 Å². The number of anilines is 1. The minimum atomic E-state index is 0.222. The smallest absolute Gasteiger partial charge is 0.227 e. The van der Waals surface area contributed by atoms with Crippen LogP contribution in [0.3, 0.4) is 0 Å². The van der Waals surface area contributed by atoms with Crippen molar-refractivity contribution in [1.82, 2.24) is 9.88 Å². The van der Waals surface area contributed by atoms with Gasteiger partial charge in [-0.3, -0.25) is 4.79 Å². The molecule has 0 radical (unpaired) electrons. The van der Waals surface area contributed by atoms with Crippen LogP contribution in [0.25, 0.3) is 10.2 Å². The largest absolute Gasteiger partial charge is 0.345 e. The maximum Gasteiger partial charge on any atom is 0.227 e. The average molecular weight is 394 g/mol. The zero-order chi connectivity index (χ0) is 19.7. The molecular weight excluding hydrogens is 366 g/mol. The highest BCUT2D eigenvalue weighted by molar-refractivity contribution is 7.22. The average Bonchev–Trinajstić information content (AvgIpc) is 3.13. The highest BCUT2D eigenvalue weighted by Crippen LogP contribution is 2.32. The molecule has 1 fully saturated rings. The molecule has 1 saturated heterocycles. The summed E-state index contributed by atoms with van der Waals surface area (Å²) in [6, 6.07) is 12.8. The van der Waals surface area contributed by atoms with Gasteiger partial charge in [-0.1, -0.05) is 48.6 Å². The lowest BCUT2D eigenvalue weighted by atomic mass is 10.1. The first-order valence-electron chi connectivity index (χ1n) is 10.0. The minimum absolute atomic E-state index is 0.222. The summed E-state index contributed by atoms with van der Waals surface area (Å²) in [5.41, 5.74) is 6.05. The number of rotatable bonds is 4. The summed E-state index contributed by atoms with van der Waals surface area (Å²) >= 11 is 1.77. The third-order valence-corrected chi connectivity index (χ3v) is 6.77. The molecule has 146 valence electrons. The Bertz CT molecular complexity index is 985. The quantitative estimate of drug-likeness (QED) is 0.660. The van der Waals surface area contributed by atoms with Gasteiger partial charge in [-0.2, -0.15) is 0 Å². The van der Waals surface area contributed by atoms with Crippen molar-refractivity contribution in [2.45, 2.75) is 33.6 Å². The predicted molar refractivity (Wildman–Crippen MR) is 117 cm³/mol. The van der Waals surface area contributed by atoms with Gasteiger partial charge in [-0.05, 0) is 48.6 Å². The van der Waals surface area contributed by atoms with E-state index in [1.807, 2.05) is 4.90 Å². The van der Waals surface area contributed by atoms with Crippen LogP contribution in [0.4, 0.5) is 5.13 Å². The van der Waals surface area contributed by atoms with E-state index in [0.717, 1.165) is 48.8 Å². The summed E-state index contributed by atoms with van der Waals surface area (Å²) in [6.45, 7) is 9.64. The van der Waals surface area contributed by atoms with Crippen LogP contribution >= 0.6 is 11.3 Å². The Hall–Kier alpha value is -2.40. The molecule has 0 N–H and O–H groups in total. The molecule has 5 heteroatoms. The lowest BCUT2D eigenvalue weighted by molar-refractivity contribution is -0.130. The lowest BCUT2D eigenvalue weighted by Crippen LogP contribution is -2.49. The second-order valence-electron chi connectivity index (χ2n) is 7.64. The first-order chi connectivity index (χ1) is 13.5. The molecule has 0 aliphatic carbocycles. The summed E-state index contributed by atoms with van der Waals surface area (Å²) < 4.78 is 1.27. The second-order valence-corrected chi connectivity index (χ2v) is 8.62. The van der Waals surface area contributed by atoms with E-state index in [9.17, 15) is 4.79 Å². The summed E-state index contributed by atoms with van der Waals surface area (Å²) in [6.07, 6.45) is 1.52. The maximum absolute atomic E-state index is 12.7. The number of aryl methyl sites for hydroxylation is 3. The van der Waals surface area contributed by atoms with Crippen LogP contribution in [0.2, 0.25) is 0 Å². The number of benzene rings is 2. The van der Waals surface area contributed by atoms with E-state index in [1.54, 1.807) is 11.3 Å². The third-order valence-electron chi connectivity index (χ3n) is 5.50. The molecule has 2 heterocycles. The van der Waals surface area contributed by atoms with Crippen LogP contribution in [0.15, 0.2) is 36.4 Å². The lowest BCUT2D eigenvalue weighted by Gasteiger charge is -2.34. The topological polar surface area (TPSA) is 36.4 Å². The molecule has 2 aromatic carbocycles. The fraction of sp³-hybridized carbons (Fsp3) is 0.391. The third kappa shape index (κ3) is 3.90. The molecule has 4 nitrogen and oxygen atoms in total. The van der Waals surface area contributed by atoms with Crippen molar-refractivity contribution in [1.29, 1.82) is 0 Å². The van der Waals surface area contributed by atoms with Gasteiger partial charge < -0.3 is 9.80 Å². The number of carbonyl (C=O) groups is 1. The van der Waals surface area contributed by atoms with Gasteiger partial charge in [-0.25, -0.2) is 4.98 Å².